The van der Waals surface area contributed by atoms with Crippen molar-refractivity contribution in [2.75, 3.05) is 13.1 Å². The monoisotopic (exact) mass is 363 g/mol. The highest BCUT2D eigenvalue weighted by atomic mass is 19.1. The van der Waals surface area contributed by atoms with Gasteiger partial charge in [0.05, 0.1) is 11.4 Å². The number of carbonyl (C=O) groups is 1. The first-order chi connectivity index (χ1) is 13.0. The lowest BCUT2D eigenvalue weighted by Gasteiger charge is -2.17. The van der Waals surface area contributed by atoms with Crippen LogP contribution in [0.15, 0.2) is 54.6 Å². The Kier molecular flexibility index (Phi) is 4.52. The minimum Gasteiger partial charge on any atom is -0.338 e. The second-order valence-electron chi connectivity index (χ2n) is 7.14. The van der Waals surface area contributed by atoms with Crippen molar-refractivity contribution in [3.05, 3.63) is 82.9 Å². The third kappa shape index (κ3) is 3.37. The van der Waals surface area contributed by atoms with Crippen LogP contribution in [-0.2, 0) is 0 Å². The number of likely N-dealkylation sites (tertiary alicyclic amines) is 1. The zero-order valence-electron chi connectivity index (χ0n) is 15.5. The number of halogens is 1. The maximum absolute atomic E-state index is 14.0. The van der Waals surface area contributed by atoms with Crippen LogP contribution in [0.2, 0.25) is 0 Å². The lowest BCUT2D eigenvalue weighted by molar-refractivity contribution is 0.0790. The van der Waals surface area contributed by atoms with Gasteiger partial charge in [0.15, 0.2) is 0 Å². The molecular formula is C22H22FN3O. The average Bonchev–Trinajstić information content (AvgIpc) is 3.28. The van der Waals surface area contributed by atoms with Crippen molar-refractivity contribution >= 4 is 5.91 Å². The van der Waals surface area contributed by atoms with Crippen molar-refractivity contribution in [1.82, 2.24) is 14.7 Å². The molecule has 0 saturated carbocycles. The molecule has 2 aromatic carbocycles. The van der Waals surface area contributed by atoms with Crippen LogP contribution < -0.4 is 0 Å². The van der Waals surface area contributed by atoms with Crippen molar-refractivity contribution in [3.8, 4) is 5.69 Å². The number of aromatic nitrogens is 2. The number of aryl methyl sites for hydroxylation is 2. The normalized spacial score (nSPS) is 16.7. The second-order valence-corrected chi connectivity index (χ2v) is 7.14. The van der Waals surface area contributed by atoms with Crippen LogP contribution >= 0.6 is 0 Å². The Bertz CT molecular complexity index is 977. The highest BCUT2D eigenvalue weighted by Crippen LogP contribution is 2.29. The number of hydrogen-bond donors (Lipinski definition) is 0. The minimum atomic E-state index is -0.189. The van der Waals surface area contributed by atoms with Crippen LogP contribution in [0.3, 0.4) is 0 Å². The predicted octanol–water partition coefficient (Wildman–Crippen LogP) is 4.26. The van der Waals surface area contributed by atoms with Gasteiger partial charge in [0.1, 0.15) is 5.82 Å². The summed E-state index contributed by atoms with van der Waals surface area (Å²) < 4.78 is 15.9. The van der Waals surface area contributed by atoms with E-state index in [1.807, 2.05) is 65.9 Å². The van der Waals surface area contributed by atoms with Gasteiger partial charge in [-0.2, -0.15) is 5.10 Å². The van der Waals surface area contributed by atoms with Crippen LogP contribution in [0.5, 0.6) is 0 Å². The Hall–Kier alpha value is -2.95. The van der Waals surface area contributed by atoms with Crippen molar-refractivity contribution in [2.45, 2.75) is 26.2 Å². The number of carbonyl (C=O) groups excluding carboxylic acids is 1. The number of hydrogen-bond acceptors (Lipinski definition) is 2. The maximum atomic E-state index is 14.0. The molecule has 27 heavy (non-hydrogen) atoms. The Morgan fingerprint density at radius 2 is 1.85 bits per heavy atom. The van der Waals surface area contributed by atoms with E-state index in [1.54, 1.807) is 6.07 Å². The molecule has 5 heteroatoms. The molecule has 0 aliphatic carbocycles. The van der Waals surface area contributed by atoms with Gasteiger partial charge in [0, 0.05) is 30.3 Å². The molecule has 0 bridgehead atoms. The van der Waals surface area contributed by atoms with E-state index in [0.29, 0.717) is 24.2 Å². The SMILES string of the molecule is Cc1cc(C)n(-c2ccc(C(=O)N3CCC(c4ccccc4F)C3)cc2)n1. The van der Waals surface area contributed by atoms with Gasteiger partial charge < -0.3 is 4.90 Å². The molecule has 1 aliphatic rings. The number of nitrogens with zero attached hydrogens (tertiary/aromatic N) is 3. The average molecular weight is 363 g/mol. The van der Waals surface area contributed by atoms with Crippen LogP contribution in [0.25, 0.3) is 5.69 Å². The summed E-state index contributed by atoms with van der Waals surface area (Å²) in [6, 6.07) is 16.4. The highest BCUT2D eigenvalue weighted by molar-refractivity contribution is 5.94. The van der Waals surface area contributed by atoms with Crippen LogP contribution in [0.1, 0.15) is 39.6 Å². The third-order valence-corrected chi connectivity index (χ3v) is 5.19. The largest absolute Gasteiger partial charge is 0.338 e. The first-order valence-corrected chi connectivity index (χ1v) is 9.20. The molecular weight excluding hydrogens is 341 g/mol. The summed E-state index contributed by atoms with van der Waals surface area (Å²) in [5.41, 5.74) is 4.30. The fourth-order valence-electron chi connectivity index (χ4n) is 3.82. The van der Waals surface area contributed by atoms with Crippen LogP contribution in [0, 0.1) is 19.7 Å². The molecule has 1 atom stereocenters. The summed E-state index contributed by atoms with van der Waals surface area (Å²) in [6.07, 6.45) is 0.788. The maximum Gasteiger partial charge on any atom is 0.253 e. The Balaban J connectivity index is 1.49. The smallest absolute Gasteiger partial charge is 0.253 e. The molecule has 0 N–H and O–H groups in total. The van der Waals surface area contributed by atoms with E-state index >= 15 is 0 Å². The zero-order chi connectivity index (χ0) is 19.0. The van der Waals surface area contributed by atoms with E-state index in [0.717, 1.165) is 23.5 Å². The molecule has 1 fully saturated rings. The molecule has 138 valence electrons. The molecule has 0 radical (unpaired) electrons. The van der Waals surface area contributed by atoms with Gasteiger partial charge in [0.2, 0.25) is 0 Å². The summed E-state index contributed by atoms with van der Waals surface area (Å²) >= 11 is 0. The van der Waals surface area contributed by atoms with Crippen molar-refractivity contribution < 1.29 is 9.18 Å². The van der Waals surface area contributed by atoms with Gasteiger partial charge in [-0.05, 0) is 62.2 Å². The van der Waals surface area contributed by atoms with E-state index in [9.17, 15) is 9.18 Å². The minimum absolute atomic E-state index is 0.00578. The molecule has 1 aliphatic heterocycles. The summed E-state index contributed by atoms with van der Waals surface area (Å²) in [4.78, 5) is 14.7. The molecule has 4 nitrogen and oxygen atoms in total. The Morgan fingerprint density at radius 1 is 1.11 bits per heavy atom. The molecule has 4 rings (SSSR count). The standard InChI is InChI=1S/C22H22FN3O/c1-15-13-16(2)26(24-15)19-9-7-17(8-10-19)22(27)25-12-11-18(14-25)20-5-3-4-6-21(20)23/h3-10,13,18H,11-12,14H2,1-2H3. The van der Waals surface area contributed by atoms with Crippen molar-refractivity contribution in [2.24, 2.45) is 0 Å². The molecule has 1 amide bonds. The lowest BCUT2D eigenvalue weighted by Crippen LogP contribution is -2.28. The summed E-state index contributed by atoms with van der Waals surface area (Å²) in [7, 11) is 0. The van der Waals surface area contributed by atoms with Gasteiger partial charge in [-0.1, -0.05) is 18.2 Å². The van der Waals surface area contributed by atoms with Crippen LogP contribution in [-0.4, -0.2) is 33.7 Å². The topological polar surface area (TPSA) is 38.1 Å². The Labute approximate surface area is 158 Å². The number of benzene rings is 2. The predicted molar refractivity (Wildman–Crippen MR) is 103 cm³/mol. The molecule has 0 spiro atoms. The fraction of sp³-hybridized carbons (Fsp3) is 0.273. The lowest BCUT2D eigenvalue weighted by atomic mass is 9.98. The van der Waals surface area contributed by atoms with Gasteiger partial charge in [-0.3, -0.25) is 4.79 Å². The zero-order valence-corrected chi connectivity index (χ0v) is 15.5. The summed E-state index contributed by atoms with van der Waals surface area (Å²) in [5, 5.41) is 4.47. The molecule has 1 aromatic heterocycles. The summed E-state index contributed by atoms with van der Waals surface area (Å²) in [6.45, 7) is 5.17. The molecule has 3 aromatic rings. The van der Waals surface area contributed by atoms with Crippen molar-refractivity contribution in [3.63, 3.8) is 0 Å². The van der Waals surface area contributed by atoms with E-state index < -0.39 is 0 Å². The number of rotatable bonds is 3. The highest BCUT2D eigenvalue weighted by Gasteiger charge is 2.29. The molecule has 1 saturated heterocycles. The van der Waals surface area contributed by atoms with E-state index in [-0.39, 0.29) is 17.6 Å². The van der Waals surface area contributed by atoms with E-state index in [1.165, 1.54) is 6.07 Å². The third-order valence-electron chi connectivity index (χ3n) is 5.19. The van der Waals surface area contributed by atoms with Gasteiger partial charge in [-0.25, -0.2) is 9.07 Å². The fourth-order valence-corrected chi connectivity index (χ4v) is 3.82. The molecule has 1 unspecified atom stereocenters. The van der Waals surface area contributed by atoms with Gasteiger partial charge in [-0.15, -0.1) is 0 Å². The van der Waals surface area contributed by atoms with Gasteiger partial charge in [0.25, 0.3) is 5.91 Å². The number of amides is 1. The van der Waals surface area contributed by atoms with Gasteiger partial charge >= 0.3 is 0 Å². The Morgan fingerprint density at radius 3 is 2.52 bits per heavy atom. The second kappa shape index (κ2) is 6.99. The quantitative estimate of drug-likeness (QED) is 0.697. The van der Waals surface area contributed by atoms with Crippen molar-refractivity contribution in [1.29, 1.82) is 0 Å². The summed E-state index contributed by atoms with van der Waals surface area (Å²) in [5.74, 6) is -0.135. The molecule has 2 heterocycles. The first-order valence-electron chi connectivity index (χ1n) is 9.20. The first kappa shape index (κ1) is 17.5. The van der Waals surface area contributed by atoms with E-state index in [2.05, 4.69) is 5.10 Å². The van der Waals surface area contributed by atoms with E-state index in [4.69, 9.17) is 0 Å². The van der Waals surface area contributed by atoms with Crippen LogP contribution in [0.4, 0.5) is 4.39 Å².